The number of amides is 3. The Morgan fingerprint density at radius 3 is 2.30 bits per heavy atom. The standard InChI is InChI=1S/C12H20N6O2/c1-3-16(4-2)12(20)18-7-5-17(6-8-18)11(19)10-9-13-15-14-10/h9H,3-8H2,1-2H3,(H,13,14,15). The number of aromatic nitrogens is 3. The van der Waals surface area contributed by atoms with E-state index >= 15 is 0 Å². The van der Waals surface area contributed by atoms with E-state index in [4.69, 9.17) is 0 Å². The Morgan fingerprint density at radius 1 is 1.20 bits per heavy atom. The van der Waals surface area contributed by atoms with Crippen molar-refractivity contribution in [2.24, 2.45) is 0 Å². The summed E-state index contributed by atoms with van der Waals surface area (Å²) in [6.45, 7) is 7.49. The largest absolute Gasteiger partial charge is 0.334 e. The lowest BCUT2D eigenvalue weighted by Crippen LogP contribution is -2.54. The summed E-state index contributed by atoms with van der Waals surface area (Å²) in [6.07, 6.45) is 1.41. The fourth-order valence-corrected chi connectivity index (χ4v) is 2.26. The van der Waals surface area contributed by atoms with Crippen LogP contribution in [0.5, 0.6) is 0 Å². The summed E-state index contributed by atoms with van der Waals surface area (Å²) in [7, 11) is 0. The summed E-state index contributed by atoms with van der Waals surface area (Å²) in [5, 5.41) is 9.84. The summed E-state index contributed by atoms with van der Waals surface area (Å²) in [5.41, 5.74) is 0.313. The number of nitrogens with zero attached hydrogens (tertiary/aromatic N) is 5. The highest BCUT2D eigenvalue weighted by Crippen LogP contribution is 2.08. The Bertz CT molecular complexity index is 449. The van der Waals surface area contributed by atoms with E-state index in [1.165, 1.54) is 6.20 Å². The van der Waals surface area contributed by atoms with Crippen LogP contribution < -0.4 is 0 Å². The Hall–Kier alpha value is -2.12. The molecule has 0 saturated carbocycles. The number of hydrogen-bond donors (Lipinski definition) is 1. The van der Waals surface area contributed by atoms with Gasteiger partial charge in [-0.1, -0.05) is 0 Å². The zero-order valence-electron chi connectivity index (χ0n) is 11.9. The maximum atomic E-state index is 12.2. The van der Waals surface area contributed by atoms with Gasteiger partial charge in [0.1, 0.15) is 0 Å². The van der Waals surface area contributed by atoms with Crippen LogP contribution in [0.4, 0.5) is 4.79 Å². The van der Waals surface area contributed by atoms with Crippen LogP contribution in [0.2, 0.25) is 0 Å². The minimum absolute atomic E-state index is 0.0449. The minimum atomic E-state index is -0.145. The number of hydrogen-bond acceptors (Lipinski definition) is 4. The van der Waals surface area contributed by atoms with Gasteiger partial charge in [0.25, 0.3) is 5.91 Å². The maximum Gasteiger partial charge on any atom is 0.320 e. The van der Waals surface area contributed by atoms with E-state index in [0.717, 1.165) is 0 Å². The first-order chi connectivity index (χ1) is 9.67. The predicted octanol–water partition coefficient (Wildman–Crippen LogP) is 0.0243. The second-order valence-electron chi connectivity index (χ2n) is 4.59. The summed E-state index contributed by atoms with van der Waals surface area (Å²) in [5.74, 6) is -0.145. The number of aromatic amines is 1. The molecule has 8 heteroatoms. The molecule has 1 fully saturated rings. The topological polar surface area (TPSA) is 85.4 Å². The second kappa shape index (κ2) is 6.36. The lowest BCUT2D eigenvalue weighted by atomic mass is 10.3. The summed E-state index contributed by atoms with van der Waals surface area (Å²) in [6, 6.07) is 0.0449. The number of urea groups is 1. The third-order valence-electron chi connectivity index (χ3n) is 3.51. The van der Waals surface area contributed by atoms with Crippen molar-refractivity contribution in [3.63, 3.8) is 0 Å². The van der Waals surface area contributed by atoms with Crippen LogP contribution in [0.25, 0.3) is 0 Å². The maximum absolute atomic E-state index is 12.2. The molecule has 2 heterocycles. The number of carbonyl (C=O) groups is 2. The fraction of sp³-hybridized carbons (Fsp3) is 0.667. The molecule has 0 unspecified atom stereocenters. The number of nitrogens with one attached hydrogen (secondary N) is 1. The van der Waals surface area contributed by atoms with Crippen LogP contribution in [-0.2, 0) is 0 Å². The highest BCUT2D eigenvalue weighted by molar-refractivity contribution is 5.92. The molecule has 0 atom stereocenters. The van der Waals surface area contributed by atoms with Crippen molar-refractivity contribution in [3.8, 4) is 0 Å². The number of piperazine rings is 1. The molecule has 0 bridgehead atoms. The van der Waals surface area contributed by atoms with Crippen molar-refractivity contribution in [2.45, 2.75) is 13.8 Å². The van der Waals surface area contributed by atoms with Crippen molar-refractivity contribution >= 4 is 11.9 Å². The van der Waals surface area contributed by atoms with Gasteiger partial charge in [-0.25, -0.2) is 4.79 Å². The monoisotopic (exact) mass is 280 g/mol. The molecule has 0 radical (unpaired) electrons. The Balaban J connectivity index is 1.89. The molecule has 0 aromatic carbocycles. The average Bonchev–Trinajstić information content (AvgIpc) is 3.02. The molecule has 0 spiro atoms. The first-order valence-electron chi connectivity index (χ1n) is 6.86. The Kier molecular flexibility index (Phi) is 4.54. The SMILES string of the molecule is CCN(CC)C(=O)N1CCN(C(=O)c2cn[nH]n2)CC1. The smallest absolute Gasteiger partial charge is 0.320 e. The average molecular weight is 280 g/mol. The van der Waals surface area contributed by atoms with Gasteiger partial charge in [0.2, 0.25) is 0 Å². The fourth-order valence-electron chi connectivity index (χ4n) is 2.26. The van der Waals surface area contributed by atoms with E-state index in [9.17, 15) is 9.59 Å². The van der Waals surface area contributed by atoms with Crippen LogP contribution in [-0.4, -0.2) is 81.3 Å². The molecule has 20 heavy (non-hydrogen) atoms. The van der Waals surface area contributed by atoms with Gasteiger partial charge in [-0.2, -0.15) is 15.4 Å². The van der Waals surface area contributed by atoms with E-state index in [2.05, 4.69) is 15.4 Å². The number of carbonyl (C=O) groups excluding carboxylic acids is 2. The summed E-state index contributed by atoms with van der Waals surface area (Å²) in [4.78, 5) is 29.5. The lowest BCUT2D eigenvalue weighted by molar-refractivity contribution is 0.0636. The number of H-pyrrole nitrogens is 1. The van der Waals surface area contributed by atoms with Gasteiger partial charge in [-0.05, 0) is 13.8 Å². The zero-order chi connectivity index (χ0) is 14.5. The van der Waals surface area contributed by atoms with Crippen LogP contribution in [0, 0.1) is 0 Å². The first-order valence-corrected chi connectivity index (χ1v) is 6.86. The van der Waals surface area contributed by atoms with E-state index in [0.29, 0.717) is 45.0 Å². The first kappa shape index (κ1) is 14.3. The quantitative estimate of drug-likeness (QED) is 0.846. The van der Waals surface area contributed by atoms with Gasteiger partial charge in [-0.3, -0.25) is 4.79 Å². The van der Waals surface area contributed by atoms with Gasteiger partial charge in [-0.15, -0.1) is 0 Å². The zero-order valence-corrected chi connectivity index (χ0v) is 11.9. The highest BCUT2D eigenvalue weighted by atomic mass is 16.2. The van der Waals surface area contributed by atoms with Crippen molar-refractivity contribution in [1.29, 1.82) is 0 Å². The van der Waals surface area contributed by atoms with Crippen LogP contribution in [0.3, 0.4) is 0 Å². The van der Waals surface area contributed by atoms with Crippen LogP contribution in [0.15, 0.2) is 6.20 Å². The van der Waals surface area contributed by atoms with Gasteiger partial charge < -0.3 is 14.7 Å². The molecular formula is C12H20N6O2. The lowest BCUT2D eigenvalue weighted by Gasteiger charge is -2.36. The molecule has 2 rings (SSSR count). The van der Waals surface area contributed by atoms with Crippen molar-refractivity contribution < 1.29 is 9.59 Å². The minimum Gasteiger partial charge on any atom is -0.334 e. The molecule has 1 aromatic rings. The molecule has 1 aliphatic rings. The van der Waals surface area contributed by atoms with Crippen molar-refractivity contribution in [3.05, 3.63) is 11.9 Å². The van der Waals surface area contributed by atoms with E-state index in [1.807, 2.05) is 13.8 Å². The molecule has 8 nitrogen and oxygen atoms in total. The van der Waals surface area contributed by atoms with Crippen LogP contribution in [0.1, 0.15) is 24.3 Å². The van der Waals surface area contributed by atoms with E-state index in [-0.39, 0.29) is 11.9 Å². The van der Waals surface area contributed by atoms with Gasteiger partial charge >= 0.3 is 6.03 Å². The molecule has 1 aliphatic heterocycles. The van der Waals surface area contributed by atoms with Crippen molar-refractivity contribution in [1.82, 2.24) is 30.1 Å². The predicted molar refractivity (Wildman–Crippen MR) is 72.2 cm³/mol. The molecule has 1 aromatic heterocycles. The normalized spacial score (nSPS) is 15.3. The molecule has 110 valence electrons. The number of rotatable bonds is 3. The molecule has 3 amide bonds. The molecular weight excluding hydrogens is 260 g/mol. The molecule has 0 aliphatic carbocycles. The third kappa shape index (κ3) is 2.89. The highest BCUT2D eigenvalue weighted by Gasteiger charge is 2.27. The van der Waals surface area contributed by atoms with Gasteiger partial charge in [0.15, 0.2) is 5.69 Å². The summed E-state index contributed by atoms with van der Waals surface area (Å²) < 4.78 is 0. The van der Waals surface area contributed by atoms with E-state index < -0.39 is 0 Å². The Morgan fingerprint density at radius 2 is 1.80 bits per heavy atom. The summed E-state index contributed by atoms with van der Waals surface area (Å²) >= 11 is 0. The van der Waals surface area contributed by atoms with Gasteiger partial charge in [0.05, 0.1) is 6.20 Å². The molecule has 1 saturated heterocycles. The Labute approximate surface area is 117 Å². The third-order valence-corrected chi connectivity index (χ3v) is 3.51. The van der Waals surface area contributed by atoms with Gasteiger partial charge in [0, 0.05) is 39.3 Å². The van der Waals surface area contributed by atoms with Crippen LogP contribution >= 0.6 is 0 Å². The van der Waals surface area contributed by atoms with E-state index in [1.54, 1.807) is 14.7 Å². The molecule has 1 N–H and O–H groups in total. The second-order valence-corrected chi connectivity index (χ2v) is 4.59. The van der Waals surface area contributed by atoms with Crippen molar-refractivity contribution in [2.75, 3.05) is 39.3 Å².